The fraction of sp³-hybridized carbons (Fsp3) is 0.154. The number of pyridine rings is 1. The normalized spacial score (nSPS) is 10.4. The number of rotatable bonds is 3. The Labute approximate surface area is 102 Å². The second-order valence-electron chi connectivity index (χ2n) is 3.66. The molecule has 1 aromatic heterocycles. The van der Waals surface area contributed by atoms with Crippen LogP contribution in [0.2, 0.25) is 0 Å². The molecule has 0 amide bonds. The molecule has 1 heterocycles. The Hall–Kier alpha value is -2.04. The molecule has 94 valence electrons. The number of hydrogen-bond acceptors (Lipinski definition) is 2. The first-order valence-corrected chi connectivity index (χ1v) is 5.48. The van der Waals surface area contributed by atoms with Gasteiger partial charge in [-0.05, 0) is 31.2 Å². The summed E-state index contributed by atoms with van der Waals surface area (Å²) in [6.07, 6.45) is 0. The van der Waals surface area contributed by atoms with E-state index in [1.54, 1.807) is 12.1 Å². The van der Waals surface area contributed by atoms with E-state index in [2.05, 4.69) is 10.3 Å². The summed E-state index contributed by atoms with van der Waals surface area (Å²) in [7, 11) is 0. The van der Waals surface area contributed by atoms with Crippen molar-refractivity contribution in [2.45, 2.75) is 6.92 Å². The number of benzene rings is 1. The van der Waals surface area contributed by atoms with Crippen LogP contribution in [0.4, 0.5) is 19.0 Å². The summed E-state index contributed by atoms with van der Waals surface area (Å²) in [6.45, 7) is 2.56. The second kappa shape index (κ2) is 5.08. The molecule has 2 nitrogen and oxygen atoms in total. The van der Waals surface area contributed by atoms with Gasteiger partial charge in [0.25, 0.3) is 0 Å². The van der Waals surface area contributed by atoms with Crippen molar-refractivity contribution in [3.8, 4) is 11.3 Å². The zero-order valence-electron chi connectivity index (χ0n) is 9.67. The van der Waals surface area contributed by atoms with Gasteiger partial charge in [-0.3, -0.25) is 0 Å². The van der Waals surface area contributed by atoms with E-state index >= 15 is 0 Å². The molecule has 0 radical (unpaired) electrons. The lowest BCUT2D eigenvalue weighted by atomic mass is 10.1. The standard InChI is InChI=1S/C13H11F3N2/c1-2-17-11-5-3-4-10(18-11)8-6-7-9(14)13(16)12(8)15/h3-7H,2H2,1H3,(H,17,18). The van der Waals surface area contributed by atoms with Gasteiger partial charge in [-0.1, -0.05) is 6.07 Å². The molecule has 1 N–H and O–H groups in total. The molecule has 0 atom stereocenters. The molecule has 2 aromatic rings. The third-order valence-electron chi connectivity index (χ3n) is 2.42. The number of nitrogens with one attached hydrogen (secondary N) is 1. The van der Waals surface area contributed by atoms with Crippen molar-refractivity contribution in [1.82, 2.24) is 4.98 Å². The van der Waals surface area contributed by atoms with Gasteiger partial charge in [0.2, 0.25) is 0 Å². The zero-order chi connectivity index (χ0) is 13.1. The predicted molar refractivity (Wildman–Crippen MR) is 63.7 cm³/mol. The molecule has 0 fully saturated rings. The Bertz CT molecular complexity index is 570. The highest BCUT2D eigenvalue weighted by Gasteiger charge is 2.15. The number of anilines is 1. The fourth-order valence-corrected chi connectivity index (χ4v) is 1.59. The first-order valence-electron chi connectivity index (χ1n) is 5.48. The van der Waals surface area contributed by atoms with Crippen LogP contribution in [0.5, 0.6) is 0 Å². The highest BCUT2D eigenvalue weighted by molar-refractivity contribution is 5.62. The number of aromatic nitrogens is 1. The smallest absolute Gasteiger partial charge is 0.195 e. The maximum absolute atomic E-state index is 13.6. The monoisotopic (exact) mass is 252 g/mol. The van der Waals surface area contributed by atoms with Crippen LogP contribution in [0, 0.1) is 17.5 Å². The highest BCUT2D eigenvalue weighted by Crippen LogP contribution is 2.25. The van der Waals surface area contributed by atoms with E-state index in [0.717, 1.165) is 6.07 Å². The minimum Gasteiger partial charge on any atom is -0.370 e. The van der Waals surface area contributed by atoms with Crippen molar-refractivity contribution < 1.29 is 13.2 Å². The van der Waals surface area contributed by atoms with Crippen molar-refractivity contribution in [2.75, 3.05) is 11.9 Å². The Morgan fingerprint density at radius 2 is 1.83 bits per heavy atom. The van der Waals surface area contributed by atoms with Gasteiger partial charge in [-0.15, -0.1) is 0 Å². The number of nitrogens with zero attached hydrogens (tertiary/aromatic N) is 1. The van der Waals surface area contributed by atoms with Gasteiger partial charge in [0, 0.05) is 12.1 Å². The van der Waals surface area contributed by atoms with Gasteiger partial charge >= 0.3 is 0 Å². The Morgan fingerprint density at radius 3 is 2.56 bits per heavy atom. The molecule has 5 heteroatoms. The van der Waals surface area contributed by atoms with Gasteiger partial charge in [0.05, 0.1) is 5.69 Å². The van der Waals surface area contributed by atoms with Crippen LogP contribution in [0.15, 0.2) is 30.3 Å². The molecule has 0 unspecified atom stereocenters. The summed E-state index contributed by atoms with van der Waals surface area (Å²) >= 11 is 0. The van der Waals surface area contributed by atoms with Crippen molar-refractivity contribution in [3.63, 3.8) is 0 Å². The van der Waals surface area contributed by atoms with E-state index < -0.39 is 17.5 Å². The van der Waals surface area contributed by atoms with Gasteiger partial charge in [0.1, 0.15) is 5.82 Å². The third-order valence-corrected chi connectivity index (χ3v) is 2.42. The average Bonchev–Trinajstić information content (AvgIpc) is 2.37. The third kappa shape index (κ3) is 2.30. The second-order valence-corrected chi connectivity index (χ2v) is 3.66. The van der Waals surface area contributed by atoms with Crippen LogP contribution < -0.4 is 5.32 Å². The summed E-state index contributed by atoms with van der Waals surface area (Å²) in [5.74, 6) is -3.36. The Balaban J connectivity index is 2.48. The molecule has 0 aliphatic heterocycles. The van der Waals surface area contributed by atoms with E-state index in [9.17, 15) is 13.2 Å². The summed E-state index contributed by atoms with van der Waals surface area (Å²) < 4.78 is 39.5. The molecule has 0 aliphatic carbocycles. The van der Waals surface area contributed by atoms with Gasteiger partial charge in [-0.2, -0.15) is 0 Å². The largest absolute Gasteiger partial charge is 0.370 e. The van der Waals surface area contributed by atoms with Crippen LogP contribution in [-0.4, -0.2) is 11.5 Å². The maximum atomic E-state index is 13.6. The lowest BCUT2D eigenvalue weighted by Gasteiger charge is -2.07. The average molecular weight is 252 g/mol. The molecular formula is C13H11F3N2. The van der Waals surface area contributed by atoms with Crippen LogP contribution in [0.1, 0.15) is 6.92 Å². The van der Waals surface area contributed by atoms with E-state index in [4.69, 9.17) is 0 Å². The lowest BCUT2D eigenvalue weighted by molar-refractivity contribution is 0.449. The molecule has 18 heavy (non-hydrogen) atoms. The minimum absolute atomic E-state index is 0.0614. The quantitative estimate of drug-likeness (QED) is 0.844. The first kappa shape index (κ1) is 12.4. The summed E-state index contributed by atoms with van der Waals surface area (Å²) in [6, 6.07) is 6.98. The van der Waals surface area contributed by atoms with Gasteiger partial charge < -0.3 is 5.32 Å². The van der Waals surface area contributed by atoms with Crippen LogP contribution in [-0.2, 0) is 0 Å². The zero-order valence-corrected chi connectivity index (χ0v) is 9.67. The first-order chi connectivity index (χ1) is 8.63. The van der Waals surface area contributed by atoms with E-state index in [-0.39, 0.29) is 11.3 Å². The molecule has 0 saturated carbocycles. The molecule has 0 aliphatic rings. The van der Waals surface area contributed by atoms with E-state index in [1.165, 1.54) is 12.1 Å². The van der Waals surface area contributed by atoms with Crippen molar-refractivity contribution >= 4 is 5.82 Å². The van der Waals surface area contributed by atoms with Crippen molar-refractivity contribution in [2.24, 2.45) is 0 Å². The summed E-state index contributed by atoms with van der Waals surface area (Å²) in [4.78, 5) is 4.12. The topological polar surface area (TPSA) is 24.9 Å². The lowest BCUT2D eigenvalue weighted by Crippen LogP contribution is -2.01. The highest BCUT2D eigenvalue weighted by atomic mass is 19.2. The summed E-state index contributed by atoms with van der Waals surface area (Å²) in [5.41, 5.74) is 0.193. The number of halogens is 3. The van der Waals surface area contributed by atoms with Crippen molar-refractivity contribution in [3.05, 3.63) is 47.8 Å². The molecule has 0 saturated heterocycles. The Kier molecular flexibility index (Phi) is 3.50. The number of hydrogen-bond donors (Lipinski definition) is 1. The van der Waals surface area contributed by atoms with Crippen molar-refractivity contribution in [1.29, 1.82) is 0 Å². The molecule has 2 rings (SSSR count). The molecule has 1 aromatic carbocycles. The molecule has 0 spiro atoms. The maximum Gasteiger partial charge on any atom is 0.195 e. The van der Waals surface area contributed by atoms with Crippen LogP contribution in [0.25, 0.3) is 11.3 Å². The van der Waals surface area contributed by atoms with E-state index in [1.807, 2.05) is 6.92 Å². The molecule has 0 bridgehead atoms. The SMILES string of the molecule is CCNc1cccc(-c2ccc(F)c(F)c2F)n1. The van der Waals surface area contributed by atoms with Crippen LogP contribution >= 0.6 is 0 Å². The van der Waals surface area contributed by atoms with Gasteiger partial charge in [-0.25, -0.2) is 18.2 Å². The predicted octanol–water partition coefficient (Wildman–Crippen LogP) is 3.60. The Morgan fingerprint density at radius 1 is 1.06 bits per heavy atom. The fourth-order valence-electron chi connectivity index (χ4n) is 1.59. The summed E-state index contributed by atoms with van der Waals surface area (Å²) in [5, 5.41) is 2.96. The van der Waals surface area contributed by atoms with Crippen LogP contribution in [0.3, 0.4) is 0 Å². The minimum atomic E-state index is -1.48. The molecular weight excluding hydrogens is 241 g/mol. The van der Waals surface area contributed by atoms with Gasteiger partial charge in [0.15, 0.2) is 17.5 Å². The van der Waals surface area contributed by atoms with E-state index in [0.29, 0.717) is 12.4 Å².